The fraction of sp³-hybridized carbons (Fsp3) is 0.769. The highest BCUT2D eigenvalue weighted by Gasteiger charge is 2.24. The zero-order chi connectivity index (χ0) is 15.3. The maximum Gasteiger partial charge on any atom is 0.244 e. The van der Waals surface area contributed by atoms with E-state index < -0.39 is 10.0 Å². The highest BCUT2D eigenvalue weighted by Crippen LogP contribution is 2.19. The lowest BCUT2D eigenvalue weighted by atomic mass is 10.2. The molecule has 0 saturated heterocycles. The number of hydrogen-bond acceptors (Lipinski definition) is 4. The molecule has 0 atom stereocenters. The van der Waals surface area contributed by atoms with Crippen molar-refractivity contribution in [2.45, 2.75) is 46.1 Å². The van der Waals surface area contributed by atoms with Crippen molar-refractivity contribution in [1.29, 1.82) is 0 Å². The van der Waals surface area contributed by atoms with E-state index >= 15 is 0 Å². The molecule has 0 unspecified atom stereocenters. The first-order valence-electron chi connectivity index (χ1n) is 7.04. The maximum atomic E-state index is 12.3. The van der Waals surface area contributed by atoms with E-state index in [1.54, 1.807) is 18.5 Å². The van der Waals surface area contributed by atoms with Crippen LogP contribution in [0.4, 0.5) is 0 Å². The molecule has 6 nitrogen and oxygen atoms in total. The predicted molar refractivity (Wildman–Crippen MR) is 80.3 cm³/mol. The van der Waals surface area contributed by atoms with Crippen molar-refractivity contribution < 1.29 is 8.42 Å². The lowest BCUT2D eigenvalue weighted by Crippen LogP contribution is -2.32. The maximum absolute atomic E-state index is 12.3. The van der Waals surface area contributed by atoms with Crippen LogP contribution in [-0.4, -0.2) is 37.8 Å². The van der Waals surface area contributed by atoms with Gasteiger partial charge in [0.15, 0.2) is 0 Å². The minimum absolute atomic E-state index is 0.314. The topological polar surface area (TPSA) is 76.0 Å². The van der Waals surface area contributed by atoms with Crippen LogP contribution < -0.4 is 10.0 Å². The van der Waals surface area contributed by atoms with Crippen molar-refractivity contribution in [2.75, 3.05) is 19.6 Å². The number of likely N-dealkylation sites (N-methyl/N-ethyl adjacent to an activating group) is 1. The number of sulfonamides is 1. The first kappa shape index (κ1) is 17.1. The van der Waals surface area contributed by atoms with Crippen LogP contribution in [0.5, 0.6) is 0 Å². The first-order valence-corrected chi connectivity index (χ1v) is 8.52. The van der Waals surface area contributed by atoms with Crippen LogP contribution in [0.15, 0.2) is 4.90 Å². The summed E-state index contributed by atoms with van der Waals surface area (Å²) in [7, 11) is -3.49. The van der Waals surface area contributed by atoms with Gasteiger partial charge in [-0.2, -0.15) is 5.10 Å². The Morgan fingerprint density at radius 3 is 2.45 bits per heavy atom. The number of aryl methyl sites for hydroxylation is 1. The molecule has 1 heterocycles. The molecule has 0 radical (unpaired) electrons. The lowest BCUT2D eigenvalue weighted by molar-refractivity contribution is 0.471. The van der Waals surface area contributed by atoms with Crippen molar-refractivity contribution in [3.8, 4) is 0 Å². The molecule has 1 aromatic rings. The van der Waals surface area contributed by atoms with E-state index in [1.165, 1.54) is 0 Å². The van der Waals surface area contributed by atoms with Crippen LogP contribution in [0, 0.1) is 19.8 Å². The third-order valence-electron chi connectivity index (χ3n) is 2.97. The van der Waals surface area contributed by atoms with Crippen LogP contribution in [0.1, 0.15) is 32.2 Å². The minimum Gasteiger partial charge on any atom is -0.316 e. The average molecular weight is 302 g/mol. The number of nitrogens with one attached hydrogen (secondary N) is 2. The Kier molecular flexibility index (Phi) is 6.16. The van der Waals surface area contributed by atoms with Gasteiger partial charge in [-0.05, 0) is 26.3 Å². The van der Waals surface area contributed by atoms with Crippen LogP contribution >= 0.6 is 0 Å². The molecule has 2 N–H and O–H groups in total. The number of hydrogen-bond donors (Lipinski definition) is 2. The van der Waals surface area contributed by atoms with Crippen molar-refractivity contribution >= 4 is 10.0 Å². The van der Waals surface area contributed by atoms with Crippen molar-refractivity contribution in [2.24, 2.45) is 5.92 Å². The first-order chi connectivity index (χ1) is 9.29. The van der Waals surface area contributed by atoms with Crippen molar-refractivity contribution in [3.05, 3.63) is 11.4 Å². The molecule has 0 saturated carbocycles. The van der Waals surface area contributed by atoms with E-state index in [4.69, 9.17) is 0 Å². The highest BCUT2D eigenvalue weighted by molar-refractivity contribution is 7.89. The molecule has 0 bridgehead atoms. The Morgan fingerprint density at radius 1 is 1.25 bits per heavy atom. The summed E-state index contributed by atoms with van der Waals surface area (Å²) in [4.78, 5) is 0.314. The van der Waals surface area contributed by atoms with Gasteiger partial charge < -0.3 is 5.32 Å². The summed E-state index contributed by atoms with van der Waals surface area (Å²) < 4.78 is 29.1. The molecular formula is C13H26N4O2S. The Morgan fingerprint density at radius 2 is 1.90 bits per heavy atom. The molecule has 7 heteroatoms. The third-order valence-corrected chi connectivity index (χ3v) is 4.68. The summed E-state index contributed by atoms with van der Waals surface area (Å²) in [5, 5.41) is 7.43. The van der Waals surface area contributed by atoms with Crippen LogP contribution in [-0.2, 0) is 16.6 Å². The molecule has 0 aliphatic carbocycles. The van der Waals surface area contributed by atoms with E-state index in [0.717, 1.165) is 13.1 Å². The zero-order valence-electron chi connectivity index (χ0n) is 13.0. The van der Waals surface area contributed by atoms with Gasteiger partial charge in [-0.3, -0.25) is 4.68 Å². The SMILES string of the molecule is CCNCCNS(=O)(=O)c1c(C)nn(CC(C)C)c1C. The summed E-state index contributed by atoms with van der Waals surface area (Å²) in [6.07, 6.45) is 0. The highest BCUT2D eigenvalue weighted by atomic mass is 32.2. The minimum atomic E-state index is -3.49. The molecule has 116 valence electrons. The number of nitrogens with zero attached hydrogens (tertiary/aromatic N) is 2. The van der Waals surface area contributed by atoms with Gasteiger partial charge in [0, 0.05) is 19.6 Å². The van der Waals surface area contributed by atoms with Gasteiger partial charge in [0.1, 0.15) is 4.90 Å². The predicted octanol–water partition coefficient (Wildman–Crippen LogP) is 1.04. The lowest BCUT2D eigenvalue weighted by Gasteiger charge is -2.09. The molecule has 0 spiro atoms. The molecule has 0 aliphatic heterocycles. The fourth-order valence-electron chi connectivity index (χ4n) is 2.12. The van der Waals surface area contributed by atoms with Gasteiger partial charge in [0.25, 0.3) is 0 Å². The summed E-state index contributed by atoms with van der Waals surface area (Å²) in [6.45, 7) is 12.2. The molecule has 0 aliphatic rings. The van der Waals surface area contributed by atoms with Crippen LogP contribution in [0.3, 0.4) is 0 Å². The Hall–Kier alpha value is -0.920. The molecule has 0 amide bonds. The van der Waals surface area contributed by atoms with Gasteiger partial charge in [0.05, 0.1) is 11.4 Å². The monoisotopic (exact) mass is 302 g/mol. The average Bonchev–Trinajstić information content (AvgIpc) is 2.60. The summed E-state index contributed by atoms with van der Waals surface area (Å²) in [5.41, 5.74) is 1.26. The summed E-state index contributed by atoms with van der Waals surface area (Å²) in [5.74, 6) is 0.422. The molecule has 20 heavy (non-hydrogen) atoms. The second kappa shape index (κ2) is 7.19. The van der Waals surface area contributed by atoms with Gasteiger partial charge >= 0.3 is 0 Å². The summed E-state index contributed by atoms with van der Waals surface area (Å²) >= 11 is 0. The van der Waals surface area contributed by atoms with Gasteiger partial charge in [0.2, 0.25) is 10.0 Å². The zero-order valence-corrected chi connectivity index (χ0v) is 13.8. The largest absolute Gasteiger partial charge is 0.316 e. The van der Waals surface area contributed by atoms with E-state index in [-0.39, 0.29) is 0 Å². The standard InChI is InChI=1S/C13H26N4O2S/c1-6-14-7-8-15-20(18,19)13-11(4)16-17(12(13)5)9-10(2)3/h10,14-15H,6-9H2,1-5H3. The number of rotatable bonds is 8. The van der Waals surface area contributed by atoms with E-state index in [1.807, 2.05) is 6.92 Å². The van der Waals surface area contributed by atoms with Gasteiger partial charge in [-0.1, -0.05) is 20.8 Å². The van der Waals surface area contributed by atoms with Crippen LogP contribution in [0.2, 0.25) is 0 Å². The molecule has 0 aromatic carbocycles. The second-order valence-electron chi connectivity index (χ2n) is 5.33. The Balaban J connectivity index is 2.92. The quantitative estimate of drug-likeness (QED) is 0.704. The van der Waals surface area contributed by atoms with Gasteiger partial charge in [-0.15, -0.1) is 0 Å². The molecule has 1 aromatic heterocycles. The van der Waals surface area contributed by atoms with Crippen LogP contribution in [0.25, 0.3) is 0 Å². The van der Waals surface area contributed by atoms with Crippen molar-refractivity contribution in [1.82, 2.24) is 19.8 Å². The van der Waals surface area contributed by atoms with Crippen molar-refractivity contribution in [3.63, 3.8) is 0 Å². The van der Waals surface area contributed by atoms with E-state index in [9.17, 15) is 8.42 Å². The summed E-state index contributed by atoms with van der Waals surface area (Å²) in [6, 6.07) is 0. The Bertz CT molecular complexity index is 535. The molecule has 0 fully saturated rings. The molecular weight excluding hydrogens is 276 g/mol. The van der Waals surface area contributed by atoms with E-state index in [2.05, 4.69) is 29.0 Å². The second-order valence-corrected chi connectivity index (χ2v) is 7.03. The number of aromatic nitrogens is 2. The Labute approximate surface area is 122 Å². The smallest absolute Gasteiger partial charge is 0.244 e. The third kappa shape index (κ3) is 4.29. The molecule has 1 rings (SSSR count). The fourth-order valence-corrected chi connectivity index (χ4v) is 3.55. The van der Waals surface area contributed by atoms with E-state index in [0.29, 0.717) is 35.3 Å². The normalized spacial score (nSPS) is 12.3. The van der Waals surface area contributed by atoms with Gasteiger partial charge in [-0.25, -0.2) is 13.1 Å².